The highest BCUT2D eigenvalue weighted by molar-refractivity contribution is 5.73. The number of aliphatic carboxylic acids is 1. The summed E-state index contributed by atoms with van der Waals surface area (Å²) in [5.41, 5.74) is 3.17. The first kappa shape index (κ1) is 17.8. The third-order valence-electron chi connectivity index (χ3n) is 4.75. The van der Waals surface area contributed by atoms with Gasteiger partial charge in [0.05, 0.1) is 0 Å². The number of benzene rings is 1. The molecule has 3 rings (SSSR count). The van der Waals surface area contributed by atoms with Crippen LogP contribution in [-0.2, 0) is 4.79 Å². The Labute approximate surface area is 133 Å². The molecule has 0 heterocycles. The number of carbonyl (C=O) groups is 1. The fourth-order valence-corrected chi connectivity index (χ4v) is 2.93. The largest absolute Gasteiger partial charge is 0.490 e. The summed E-state index contributed by atoms with van der Waals surface area (Å²) in [6.07, 6.45) is 1.82. The second-order valence-corrected chi connectivity index (χ2v) is 6.25. The van der Waals surface area contributed by atoms with Gasteiger partial charge < -0.3 is 10.4 Å². The molecule has 0 unspecified atom stereocenters. The molecule has 2 aliphatic rings. The fourth-order valence-electron chi connectivity index (χ4n) is 2.93. The lowest BCUT2D eigenvalue weighted by Gasteiger charge is -2.36. The Morgan fingerprint density at radius 2 is 1.70 bits per heavy atom. The molecule has 23 heavy (non-hydrogen) atoms. The summed E-state index contributed by atoms with van der Waals surface area (Å²) in [6.45, 7) is 0. The minimum absolute atomic E-state index is 0.761. The van der Waals surface area contributed by atoms with E-state index in [0.717, 1.165) is 17.9 Å². The second-order valence-electron chi connectivity index (χ2n) is 6.25. The van der Waals surface area contributed by atoms with Crippen LogP contribution in [0.5, 0.6) is 0 Å². The zero-order valence-corrected chi connectivity index (χ0v) is 13.1. The minimum Gasteiger partial charge on any atom is -0.475 e. The summed E-state index contributed by atoms with van der Waals surface area (Å²) in [7, 11) is 2.08. The molecule has 0 amide bonds. The Morgan fingerprint density at radius 1 is 1.17 bits per heavy atom. The maximum Gasteiger partial charge on any atom is 0.490 e. The molecule has 0 spiro atoms. The molecule has 0 bridgehead atoms. The van der Waals surface area contributed by atoms with Gasteiger partial charge in [0.2, 0.25) is 0 Å². The highest BCUT2D eigenvalue weighted by Gasteiger charge is 2.38. The van der Waals surface area contributed by atoms with Gasteiger partial charge in [-0.05, 0) is 55.7 Å². The van der Waals surface area contributed by atoms with Gasteiger partial charge in [0.1, 0.15) is 0 Å². The van der Waals surface area contributed by atoms with Crippen molar-refractivity contribution >= 4 is 5.97 Å². The maximum absolute atomic E-state index is 10.6. The number of halogens is 3. The molecule has 0 aliphatic heterocycles. The van der Waals surface area contributed by atoms with Crippen molar-refractivity contribution in [1.29, 1.82) is 0 Å². The lowest BCUT2D eigenvalue weighted by Crippen LogP contribution is -2.37. The fraction of sp³-hybridized carbons (Fsp3) is 0.588. The highest BCUT2D eigenvalue weighted by atomic mass is 19.4. The number of carboxylic acids is 1. The molecule has 2 saturated carbocycles. The predicted molar refractivity (Wildman–Crippen MR) is 81.5 cm³/mol. The molecule has 3 nitrogen and oxygen atoms in total. The molecule has 0 radical (unpaired) electrons. The van der Waals surface area contributed by atoms with Gasteiger partial charge in [-0.1, -0.05) is 30.7 Å². The molecule has 0 aromatic heterocycles. The zero-order valence-electron chi connectivity index (χ0n) is 13.1. The first-order chi connectivity index (χ1) is 10.8. The first-order valence-electron chi connectivity index (χ1n) is 7.88. The van der Waals surface area contributed by atoms with Gasteiger partial charge in [0, 0.05) is 6.04 Å². The average Bonchev–Trinajstić information content (AvgIpc) is 2.35. The Morgan fingerprint density at radius 3 is 2.09 bits per heavy atom. The standard InChI is InChI=1S/C15H21N.C2HF3O2/c1-16-15-9-14(10-15)13-7-3-6-12(8-13)11-4-2-5-11;3-2(4,5)1(6)7/h3,6-8,11,14-16H,2,4-5,9-10H2,1H3;(H,6,7). The van der Waals surface area contributed by atoms with E-state index in [-0.39, 0.29) is 0 Å². The molecule has 6 heteroatoms. The van der Waals surface area contributed by atoms with Crippen molar-refractivity contribution in [3.8, 4) is 0 Å². The van der Waals surface area contributed by atoms with Gasteiger partial charge in [-0.3, -0.25) is 0 Å². The van der Waals surface area contributed by atoms with Crippen molar-refractivity contribution in [2.75, 3.05) is 7.05 Å². The van der Waals surface area contributed by atoms with E-state index in [1.165, 1.54) is 32.1 Å². The summed E-state index contributed by atoms with van der Waals surface area (Å²) in [5, 5.41) is 10.5. The van der Waals surface area contributed by atoms with E-state index < -0.39 is 12.1 Å². The van der Waals surface area contributed by atoms with Gasteiger partial charge in [-0.15, -0.1) is 0 Å². The Kier molecular flexibility index (Phi) is 5.68. The third-order valence-corrected chi connectivity index (χ3v) is 4.75. The molecule has 1 aromatic carbocycles. The number of carboxylic acid groups (broad SMARTS) is 1. The molecule has 2 aliphatic carbocycles. The van der Waals surface area contributed by atoms with Gasteiger partial charge >= 0.3 is 12.1 Å². The van der Waals surface area contributed by atoms with Crippen LogP contribution in [0.1, 0.15) is 55.1 Å². The van der Waals surface area contributed by atoms with E-state index >= 15 is 0 Å². The van der Waals surface area contributed by atoms with Crippen LogP contribution in [0.3, 0.4) is 0 Å². The monoisotopic (exact) mass is 329 g/mol. The van der Waals surface area contributed by atoms with Crippen LogP contribution >= 0.6 is 0 Å². The van der Waals surface area contributed by atoms with E-state index in [9.17, 15) is 13.2 Å². The van der Waals surface area contributed by atoms with Crippen molar-refractivity contribution in [2.24, 2.45) is 0 Å². The summed E-state index contributed by atoms with van der Waals surface area (Å²) in [6, 6.07) is 10.1. The van der Waals surface area contributed by atoms with E-state index in [0.29, 0.717) is 0 Å². The van der Waals surface area contributed by atoms with Crippen LogP contribution in [-0.4, -0.2) is 30.3 Å². The maximum atomic E-state index is 10.6. The van der Waals surface area contributed by atoms with Crippen LogP contribution in [0.4, 0.5) is 13.2 Å². The summed E-state index contributed by atoms with van der Waals surface area (Å²) < 4.78 is 31.7. The Hall–Kier alpha value is -1.56. The third kappa shape index (κ3) is 4.70. The van der Waals surface area contributed by atoms with Gasteiger partial charge in [0.15, 0.2) is 0 Å². The molecule has 1 aromatic rings. The number of hydrogen-bond donors (Lipinski definition) is 2. The quantitative estimate of drug-likeness (QED) is 0.879. The van der Waals surface area contributed by atoms with Crippen LogP contribution in [0.15, 0.2) is 24.3 Å². The van der Waals surface area contributed by atoms with Crippen molar-refractivity contribution in [3.05, 3.63) is 35.4 Å². The SMILES string of the molecule is CNC1CC(c2cccc(C3CCC3)c2)C1.O=C(O)C(F)(F)F. The Balaban J connectivity index is 0.000000236. The highest BCUT2D eigenvalue weighted by Crippen LogP contribution is 2.40. The summed E-state index contributed by atoms with van der Waals surface area (Å²) >= 11 is 0. The van der Waals surface area contributed by atoms with Crippen LogP contribution in [0, 0.1) is 0 Å². The topological polar surface area (TPSA) is 49.3 Å². The molecular formula is C17H22F3NO2. The number of rotatable bonds is 3. The molecule has 2 fully saturated rings. The molecule has 2 N–H and O–H groups in total. The normalized spacial score (nSPS) is 24.0. The smallest absolute Gasteiger partial charge is 0.475 e. The van der Waals surface area contributed by atoms with Gasteiger partial charge in [-0.2, -0.15) is 13.2 Å². The van der Waals surface area contributed by atoms with Crippen molar-refractivity contribution in [3.63, 3.8) is 0 Å². The molecule has 0 saturated heterocycles. The van der Waals surface area contributed by atoms with E-state index in [4.69, 9.17) is 9.90 Å². The van der Waals surface area contributed by atoms with Crippen molar-refractivity contribution in [2.45, 2.75) is 56.2 Å². The molecule has 0 atom stereocenters. The second kappa shape index (κ2) is 7.34. The lowest BCUT2D eigenvalue weighted by atomic mass is 9.74. The van der Waals surface area contributed by atoms with Crippen molar-refractivity contribution < 1.29 is 23.1 Å². The average molecular weight is 329 g/mol. The zero-order chi connectivity index (χ0) is 17.0. The van der Waals surface area contributed by atoms with E-state index in [2.05, 4.69) is 36.6 Å². The lowest BCUT2D eigenvalue weighted by molar-refractivity contribution is -0.192. The van der Waals surface area contributed by atoms with Crippen LogP contribution in [0.2, 0.25) is 0 Å². The number of alkyl halides is 3. The first-order valence-corrected chi connectivity index (χ1v) is 7.88. The Bertz CT molecular complexity index is 535. The number of nitrogens with one attached hydrogen (secondary N) is 1. The van der Waals surface area contributed by atoms with Crippen LogP contribution < -0.4 is 5.32 Å². The minimum atomic E-state index is -5.08. The predicted octanol–water partition coefficient (Wildman–Crippen LogP) is 4.05. The van der Waals surface area contributed by atoms with Crippen molar-refractivity contribution in [1.82, 2.24) is 5.32 Å². The number of hydrogen-bond acceptors (Lipinski definition) is 2. The summed E-state index contributed by atoms with van der Waals surface area (Å²) in [5.74, 6) is -1.06. The molecule has 128 valence electrons. The van der Waals surface area contributed by atoms with E-state index in [1.807, 2.05) is 0 Å². The van der Waals surface area contributed by atoms with Gasteiger partial charge in [-0.25, -0.2) is 4.79 Å². The van der Waals surface area contributed by atoms with E-state index in [1.54, 1.807) is 11.1 Å². The summed E-state index contributed by atoms with van der Waals surface area (Å²) in [4.78, 5) is 8.90. The van der Waals surface area contributed by atoms with Crippen LogP contribution in [0.25, 0.3) is 0 Å². The molecular weight excluding hydrogens is 307 g/mol. The van der Waals surface area contributed by atoms with Gasteiger partial charge in [0.25, 0.3) is 0 Å².